The standard InChI is InChI=1S/C28H25ClN2O9/c1-4-37-22-9-6-16(14-24(22)38-5-2)26(33)40-21-10-7-18(29)12-17(21)13-20-25(32)31(28(35)30-20)15-19-8-11-23(39-19)27(34)36-3/h6-14H,4-5,15H2,1-3H3,(H,30,35)/b20-13-. The second-order valence-corrected chi connectivity index (χ2v) is 8.67. The van der Waals surface area contributed by atoms with Crippen molar-refractivity contribution in [3.63, 3.8) is 0 Å². The second kappa shape index (κ2) is 12.4. The van der Waals surface area contributed by atoms with Gasteiger partial charge in [0.15, 0.2) is 11.5 Å². The summed E-state index contributed by atoms with van der Waals surface area (Å²) in [6.07, 6.45) is 1.35. The molecule has 208 valence electrons. The molecule has 2 heterocycles. The Labute approximate surface area is 234 Å². The van der Waals surface area contributed by atoms with E-state index in [1.54, 1.807) is 12.1 Å². The van der Waals surface area contributed by atoms with Crippen molar-refractivity contribution in [2.24, 2.45) is 0 Å². The summed E-state index contributed by atoms with van der Waals surface area (Å²) < 4.78 is 26.7. The van der Waals surface area contributed by atoms with E-state index in [4.69, 9.17) is 30.2 Å². The molecule has 4 rings (SSSR count). The summed E-state index contributed by atoms with van der Waals surface area (Å²) in [4.78, 5) is 51.1. The highest BCUT2D eigenvalue weighted by atomic mass is 35.5. The number of urea groups is 1. The van der Waals surface area contributed by atoms with Crippen LogP contribution in [0.2, 0.25) is 5.02 Å². The van der Waals surface area contributed by atoms with Crippen LogP contribution in [-0.4, -0.2) is 49.1 Å². The number of benzene rings is 2. The van der Waals surface area contributed by atoms with Gasteiger partial charge in [-0.3, -0.25) is 9.69 Å². The van der Waals surface area contributed by atoms with Crippen molar-refractivity contribution in [2.45, 2.75) is 20.4 Å². The first-order chi connectivity index (χ1) is 19.2. The minimum atomic E-state index is -0.703. The molecular formula is C28H25ClN2O9. The third-order valence-corrected chi connectivity index (χ3v) is 5.81. The zero-order valence-corrected chi connectivity index (χ0v) is 22.6. The van der Waals surface area contributed by atoms with Gasteiger partial charge in [-0.25, -0.2) is 14.4 Å². The van der Waals surface area contributed by atoms with Crippen molar-refractivity contribution in [2.75, 3.05) is 20.3 Å². The maximum atomic E-state index is 13.0. The molecule has 0 radical (unpaired) electrons. The van der Waals surface area contributed by atoms with Crippen LogP contribution >= 0.6 is 11.6 Å². The molecule has 12 heteroatoms. The average molecular weight is 569 g/mol. The molecule has 0 aliphatic carbocycles. The minimum absolute atomic E-state index is 0.0633. The van der Waals surface area contributed by atoms with Gasteiger partial charge in [-0.2, -0.15) is 0 Å². The number of amides is 3. The summed E-state index contributed by atoms with van der Waals surface area (Å²) in [5, 5.41) is 2.80. The third kappa shape index (κ3) is 6.26. The fourth-order valence-corrected chi connectivity index (χ4v) is 3.94. The molecule has 3 aromatic rings. The summed E-state index contributed by atoms with van der Waals surface area (Å²) in [5.74, 6) is -0.911. The van der Waals surface area contributed by atoms with E-state index in [1.807, 2.05) is 13.8 Å². The largest absolute Gasteiger partial charge is 0.490 e. The minimum Gasteiger partial charge on any atom is -0.490 e. The lowest BCUT2D eigenvalue weighted by Crippen LogP contribution is -2.30. The Balaban J connectivity index is 1.55. The number of rotatable bonds is 10. The summed E-state index contributed by atoms with van der Waals surface area (Å²) in [6.45, 7) is 4.22. The number of nitrogens with one attached hydrogen (secondary N) is 1. The van der Waals surface area contributed by atoms with E-state index < -0.39 is 23.9 Å². The highest BCUT2D eigenvalue weighted by molar-refractivity contribution is 6.30. The Morgan fingerprint density at radius 1 is 0.950 bits per heavy atom. The van der Waals surface area contributed by atoms with E-state index >= 15 is 0 Å². The van der Waals surface area contributed by atoms with Crippen molar-refractivity contribution in [3.8, 4) is 17.2 Å². The van der Waals surface area contributed by atoms with E-state index in [1.165, 1.54) is 49.6 Å². The number of nitrogens with zero attached hydrogens (tertiary/aromatic N) is 1. The van der Waals surface area contributed by atoms with Crippen LogP contribution in [0.1, 0.15) is 46.1 Å². The lowest BCUT2D eigenvalue weighted by Gasteiger charge is -2.13. The first kappa shape index (κ1) is 28.2. The van der Waals surface area contributed by atoms with Crippen LogP contribution in [0.5, 0.6) is 17.2 Å². The SMILES string of the molecule is CCOc1ccc(C(=O)Oc2ccc(Cl)cc2/C=C2\NC(=O)N(Cc3ccc(C(=O)OC)o3)C2=O)cc1OCC. The Morgan fingerprint density at radius 2 is 1.68 bits per heavy atom. The molecule has 0 atom stereocenters. The van der Waals surface area contributed by atoms with Crippen LogP contribution in [0.15, 0.2) is 58.6 Å². The molecule has 0 saturated carbocycles. The first-order valence-electron chi connectivity index (χ1n) is 12.2. The highest BCUT2D eigenvalue weighted by Crippen LogP contribution is 2.31. The second-order valence-electron chi connectivity index (χ2n) is 8.24. The highest BCUT2D eigenvalue weighted by Gasteiger charge is 2.34. The van der Waals surface area contributed by atoms with E-state index in [2.05, 4.69) is 10.1 Å². The van der Waals surface area contributed by atoms with Crippen molar-refractivity contribution < 1.29 is 42.5 Å². The third-order valence-electron chi connectivity index (χ3n) is 5.58. The van der Waals surface area contributed by atoms with Crippen LogP contribution < -0.4 is 19.5 Å². The molecule has 11 nitrogen and oxygen atoms in total. The van der Waals surface area contributed by atoms with Crippen LogP contribution in [0, 0.1) is 0 Å². The van der Waals surface area contributed by atoms with Gasteiger partial charge >= 0.3 is 18.0 Å². The zero-order chi connectivity index (χ0) is 28.8. The van der Waals surface area contributed by atoms with E-state index in [-0.39, 0.29) is 40.6 Å². The van der Waals surface area contributed by atoms with Gasteiger partial charge in [-0.15, -0.1) is 0 Å². The Bertz CT molecular complexity index is 1490. The maximum absolute atomic E-state index is 13.0. The van der Waals surface area contributed by atoms with Gasteiger partial charge in [0.05, 0.1) is 32.4 Å². The summed E-state index contributed by atoms with van der Waals surface area (Å²) >= 11 is 6.17. The number of carbonyl (C=O) groups excluding carboxylic acids is 4. The number of methoxy groups -OCH3 is 1. The Morgan fingerprint density at radius 3 is 2.40 bits per heavy atom. The molecule has 40 heavy (non-hydrogen) atoms. The number of carbonyl (C=O) groups is 4. The molecule has 1 aromatic heterocycles. The Hall–Kier alpha value is -4.77. The molecule has 0 spiro atoms. The summed E-state index contributed by atoms with van der Waals surface area (Å²) in [6, 6.07) is 11.3. The van der Waals surface area contributed by atoms with Gasteiger partial charge in [0.2, 0.25) is 5.76 Å². The maximum Gasteiger partial charge on any atom is 0.373 e. The normalized spacial score (nSPS) is 13.8. The zero-order valence-electron chi connectivity index (χ0n) is 21.8. The fourth-order valence-electron chi connectivity index (χ4n) is 3.76. The van der Waals surface area contributed by atoms with Gasteiger partial charge in [0.25, 0.3) is 5.91 Å². The molecule has 1 aliphatic rings. The molecular weight excluding hydrogens is 544 g/mol. The fraction of sp³-hybridized carbons (Fsp3) is 0.214. The van der Waals surface area contributed by atoms with Gasteiger partial charge in [-0.05, 0) is 68.5 Å². The molecule has 0 unspecified atom stereocenters. The number of hydrogen-bond donors (Lipinski definition) is 1. The monoisotopic (exact) mass is 568 g/mol. The summed E-state index contributed by atoms with van der Waals surface area (Å²) in [5.41, 5.74) is 0.402. The summed E-state index contributed by atoms with van der Waals surface area (Å²) in [7, 11) is 1.21. The lowest BCUT2D eigenvalue weighted by atomic mass is 10.1. The molecule has 1 fully saturated rings. The molecule has 1 N–H and O–H groups in total. The van der Waals surface area contributed by atoms with Crippen LogP contribution in [0.3, 0.4) is 0 Å². The van der Waals surface area contributed by atoms with Crippen molar-refractivity contribution >= 4 is 41.6 Å². The topological polar surface area (TPSA) is 134 Å². The average Bonchev–Trinajstić information content (AvgIpc) is 3.51. The predicted molar refractivity (Wildman–Crippen MR) is 142 cm³/mol. The smallest absolute Gasteiger partial charge is 0.373 e. The number of halogens is 1. The first-order valence-corrected chi connectivity index (χ1v) is 12.5. The molecule has 1 saturated heterocycles. The molecule has 1 aliphatic heterocycles. The molecule has 3 amide bonds. The number of imide groups is 1. The predicted octanol–water partition coefficient (Wildman–Crippen LogP) is 4.83. The van der Waals surface area contributed by atoms with Gasteiger partial charge in [0.1, 0.15) is 17.2 Å². The number of furan rings is 1. The molecule has 2 aromatic carbocycles. The van der Waals surface area contributed by atoms with Gasteiger partial charge in [-0.1, -0.05) is 11.6 Å². The quantitative estimate of drug-likeness (QED) is 0.158. The molecule has 0 bridgehead atoms. The number of esters is 2. The van der Waals surface area contributed by atoms with Crippen molar-refractivity contribution in [1.82, 2.24) is 10.2 Å². The van der Waals surface area contributed by atoms with E-state index in [0.717, 1.165) is 4.90 Å². The lowest BCUT2D eigenvalue weighted by molar-refractivity contribution is -0.123. The van der Waals surface area contributed by atoms with Crippen molar-refractivity contribution in [3.05, 3.63) is 81.9 Å². The van der Waals surface area contributed by atoms with Crippen LogP contribution in [0.4, 0.5) is 4.79 Å². The van der Waals surface area contributed by atoms with Gasteiger partial charge < -0.3 is 28.7 Å². The number of hydrogen-bond acceptors (Lipinski definition) is 9. The van der Waals surface area contributed by atoms with Crippen LogP contribution in [0.25, 0.3) is 6.08 Å². The van der Waals surface area contributed by atoms with Gasteiger partial charge in [0, 0.05) is 10.6 Å². The van der Waals surface area contributed by atoms with Crippen molar-refractivity contribution in [1.29, 1.82) is 0 Å². The van der Waals surface area contributed by atoms with Crippen LogP contribution in [-0.2, 0) is 16.1 Å². The van der Waals surface area contributed by atoms with E-state index in [9.17, 15) is 19.2 Å². The van der Waals surface area contributed by atoms with E-state index in [0.29, 0.717) is 29.7 Å². The Kier molecular flexibility index (Phi) is 8.75. The number of ether oxygens (including phenoxy) is 4.